The van der Waals surface area contributed by atoms with Gasteiger partial charge >= 0.3 is 0 Å². The number of carbonyl (C=O) groups excluding carboxylic acids is 3. The normalized spacial score (nSPS) is 10.1. The summed E-state index contributed by atoms with van der Waals surface area (Å²) in [6.07, 6.45) is -0.0998. The summed E-state index contributed by atoms with van der Waals surface area (Å²) >= 11 is 5.81. The molecule has 0 saturated carbocycles. The Morgan fingerprint density at radius 1 is 1.03 bits per heavy atom. The number of ether oxygens (including phenoxy) is 2. The van der Waals surface area contributed by atoms with Gasteiger partial charge < -0.3 is 14.8 Å². The topological polar surface area (TPSA) is 106 Å². The number of methoxy groups -OCH3 is 1. The molecule has 160 valence electrons. The number of benzene rings is 2. The number of hydrogen-bond acceptors (Lipinski definition) is 5. The molecule has 8 nitrogen and oxygen atoms in total. The summed E-state index contributed by atoms with van der Waals surface area (Å²) in [5.74, 6) is -1.29. The predicted molar refractivity (Wildman–Crippen MR) is 108 cm³/mol. The first-order chi connectivity index (χ1) is 14.3. The van der Waals surface area contributed by atoms with Crippen molar-refractivity contribution < 1.29 is 28.2 Å². The Labute approximate surface area is 177 Å². The predicted octanol–water partition coefficient (Wildman–Crippen LogP) is 2.47. The minimum atomic E-state index is -0.559. The highest BCUT2D eigenvalue weighted by atomic mass is 35.5. The molecular formula is C20H21ClFN3O5. The van der Waals surface area contributed by atoms with Gasteiger partial charge in [-0.2, -0.15) is 0 Å². The van der Waals surface area contributed by atoms with Crippen molar-refractivity contribution in [3.63, 3.8) is 0 Å². The average molecular weight is 438 g/mol. The zero-order valence-electron chi connectivity index (χ0n) is 16.4. The van der Waals surface area contributed by atoms with Crippen molar-refractivity contribution in [2.45, 2.75) is 13.3 Å². The monoisotopic (exact) mass is 437 g/mol. The van der Waals surface area contributed by atoms with Crippen LogP contribution < -0.4 is 25.6 Å². The Balaban J connectivity index is 1.80. The molecule has 0 unspecified atom stereocenters. The lowest BCUT2D eigenvalue weighted by Crippen LogP contribution is -2.42. The van der Waals surface area contributed by atoms with Gasteiger partial charge in [-0.05, 0) is 43.3 Å². The van der Waals surface area contributed by atoms with Crippen LogP contribution in [-0.2, 0) is 4.79 Å². The van der Waals surface area contributed by atoms with Gasteiger partial charge in [0.2, 0.25) is 5.91 Å². The van der Waals surface area contributed by atoms with E-state index in [4.69, 9.17) is 21.1 Å². The number of halogens is 2. The molecule has 0 bridgehead atoms. The van der Waals surface area contributed by atoms with E-state index in [9.17, 15) is 18.8 Å². The third-order valence-corrected chi connectivity index (χ3v) is 4.17. The van der Waals surface area contributed by atoms with Gasteiger partial charge in [-0.3, -0.25) is 25.2 Å². The highest BCUT2D eigenvalue weighted by Gasteiger charge is 2.13. The van der Waals surface area contributed by atoms with E-state index in [2.05, 4.69) is 16.2 Å². The largest absolute Gasteiger partial charge is 0.493 e. The molecule has 0 spiro atoms. The van der Waals surface area contributed by atoms with Gasteiger partial charge in [0.15, 0.2) is 11.5 Å². The van der Waals surface area contributed by atoms with Gasteiger partial charge in [-0.1, -0.05) is 11.6 Å². The van der Waals surface area contributed by atoms with Crippen molar-refractivity contribution in [3.8, 4) is 11.5 Å². The second kappa shape index (κ2) is 11.0. The quantitative estimate of drug-likeness (QED) is 0.550. The first-order valence-corrected chi connectivity index (χ1v) is 9.36. The van der Waals surface area contributed by atoms with Crippen LogP contribution >= 0.6 is 11.6 Å². The van der Waals surface area contributed by atoms with Crippen LogP contribution in [0.15, 0.2) is 36.4 Å². The van der Waals surface area contributed by atoms with Gasteiger partial charge in [0.05, 0.1) is 24.3 Å². The van der Waals surface area contributed by atoms with E-state index in [1.807, 2.05) is 6.92 Å². The molecule has 0 radical (unpaired) electrons. The number of hydrogen-bond donors (Lipinski definition) is 3. The summed E-state index contributed by atoms with van der Waals surface area (Å²) in [4.78, 5) is 36.1. The van der Waals surface area contributed by atoms with E-state index in [0.717, 1.165) is 12.1 Å². The minimum Gasteiger partial charge on any atom is -0.493 e. The van der Waals surface area contributed by atoms with Crippen molar-refractivity contribution >= 4 is 29.3 Å². The van der Waals surface area contributed by atoms with Crippen LogP contribution in [0.25, 0.3) is 0 Å². The van der Waals surface area contributed by atoms with E-state index in [1.54, 1.807) is 6.07 Å². The Morgan fingerprint density at radius 2 is 1.80 bits per heavy atom. The van der Waals surface area contributed by atoms with E-state index in [1.165, 1.54) is 25.3 Å². The van der Waals surface area contributed by atoms with Crippen LogP contribution in [0.2, 0.25) is 5.02 Å². The molecule has 3 N–H and O–H groups in total. The first-order valence-electron chi connectivity index (χ1n) is 8.99. The summed E-state index contributed by atoms with van der Waals surface area (Å²) in [5, 5.41) is 2.46. The third kappa shape index (κ3) is 6.35. The third-order valence-electron chi connectivity index (χ3n) is 3.85. The molecule has 0 atom stereocenters. The average Bonchev–Trinajstić information content (AvgIpc) is 2.72. The molecule has 0 heterocycles. The highest BCUT2D eigenvalue weighted by Crippen LogP contribution is 2.27. The van der Waals surface area contributed by atoms with Crippen molar-refractivity contribution in [1.82, 2.24) is 16.2 Å². The van der Waals surface area contributed by atoms with E-state index < -0.39 is 23.5 Å². The second-order valence-electron chi connectivity index (χ2n) is 5.93. The highest BCUT2D eigenvalue weighted by molar-refractivity contribution is 6.33. The maximum absolute atomic E-state index is 13.0. The molecule has 10 heteroatoms. The number of nitrogens with one attached hydrogen (secondary N) is 3. The minimum absolute atomic E-state index is 0.00881. The van der Waals surface area contributed by atoms with E-state index in [0.29, 0.717) is 18.1 Å². The summed E-state index contributed by atoms with van der Waals surface area (Å²) < 4.78 is 23.6. The molecule has 3 amide bonds. The van der Waals surface area contributed by atoms with Gasteiger partial charge in [-0.15, -0.1) is 0 Å². The maximum Gasteiger partial charge on any atom is 0.269 e. The van der Waals surface area contributed by atoms with Crippen molar-refractivity contribution in [2.24, 2.45) is 0 Å². The van der Waals surface area contributed by atoms with Crippen LogP contribution in [0.1, 0.15) is 34.1 Å². The number of hydrazine groups is 1. The van der Waals surface area contributed by atoms with Crippen LogP contribution in [0.3, 0.4) is 0 Å². The summed E-state index contributed by atoms with van der Waals surface area (Å²) in [7, 11) is 1.45. The summed E-state index contributed by atoms with van der Waals surface area (Å²) in [6, 6.07) is 7.99. The second-order valence-corrected chi connectivity index (χ2v) is 6.34. The standard InChI is InChI=1S/C20H21ClFN3O5/c1-3-30-16-7-4-12(10-17(16)29-2)19(27)25-24-18(26)8-9-23-20(28)14-6-5-13(22)11-15(14)21/h4-7,10-11H,3,8-9H2,1-2H3,(H,23,28)(H,24,26)(H,25,27). The lowest BCUT2D eigenvalue weighted by Gasteiger charge is -2.12. The Hall–Kier alpha value is -3.33. The van der Waals surface area contributed by atoms with Gasteiger partial charge in [-0.25, -0.2) is 4.39 Å². The van der Waals surface area contributed by atoms with Crippen molar-refractivity contribution in [2.75, 3.05) is 20.3 Å². The summed E-state index contributed by atoms with van der Waals surface area (Å²) in [5.41, 5.74) is 4.88. The fourth-order valence-electron chi connectivity index (χ4n) is 2.40. The molecule has 0 aliphatic heterocycles. The van der Waals surface area contributed by atoms with E-state index >= 15 is 0 Å². The Bertz CT molecular complexity index is 939. The van der Waals surface area contributed by atoms with Crippen LogP contribution in [0.5, 0.6) is 11.5 Å². The molecular weight excluding hydrogens is 417 g/mol. The molecule has 0 aliphatic carbocycles. The molecule has 2 aromatic carbocycles. The number of rotatable bonds is 8. The van der Waals surface area contributed by atoms with Gasteiger partial charge in [0.25, 0.3) is 11.8 Å². The fraction of sp³-hybridized carbons (Fsp3) is 0.250. The molecule has 30 heavy (non-hydrogen) atoms. The van der Waals surface area contributed by atoms with Gasteiger partial charge in [0, 0.05) is 18.5 Å². The molecule has 0 fully saturated rings. The maximum atomic E-state index is 13.0. The van der Waals surface area contributed by atoms with Crippen molar-refractivity contribution in [1.29, 1.82) is 0 Å². The number of carbonyl (C=O) groups is 3. The summed E-state index contributed by atoms with van der Waals surface area (Å²) in [6.45, 7) is 2.26. The Morgan fingerprint density at radius 3 is 2.47 bits per heavy atom. The molecule has 0 aliphatic rings. The van der Waals surface area contributed by atoms with Crippen LogP contribution in [-0.4, -0.2) is 38.0 Å². The molecule has 0 aromatic heterocycles. The Kier molecular flexibility index (Phi) is 8.42. The SMILES string of the molecule is CCOc1ccc(C(=O)NNC(=O)CCNC(=O)c2ccc(F)cc2Cl)cc1OC. The van der Waals surface area contributed by atoms with Crippen LogP contribution in [0, 0.1) is 5.82 Å². The molecule has 2 rings (SSSR count). The van der Waals surface area contributed by atoms with Crippen LogP contribution in [0.4, 0.5) is 4.39 Å². The lowest BCUT2D eigenvalue weighted by molar-refractivity contribution is -0.121. The lowest BCUT2D eigenvalue weighted by atomic mass is 10.2. The first kappa shape index (κ1) is 23.0. The van der Waals surface area contributed by atoms with E-state index in [-0.39, 0.29) is 29.1 Å². The zero-order valence-corrected chi connectivity index (χ0v) is 17.1. The zero-order chi connectivity index (χ0) is 22.1. The van der Waals surface area contributed by atoms with Crippen molar-refractivity contribution in [3.05, 3.63) is 58.4 Å². The molecule has 2 aromatic rings. The smallest absolute Gasteiger partial charge is 0.269 e. The number of amides is 3. The van der Waals surface area contributed by atoms with Gasteiger partial charge in [0.1, 0.15) is 5.82 Å². The molecule has 0 saturated heterocycles. The fourth-order valence-corrected chi connectivity index (χ4v) is 2.66.